The molecular weight excluding hydrogens is 368 g/mol. The van der Waals surface area contributed by atoms with Crippen LogP contribution in [-0.4, -0.2) is 29.8 Å². The Bertz CT molecular complexity index is 1170. The van der Waals surface area contributed by atoms with E-state index in [-0.39, 0.29) is 0 Å². The minimum Gasteiger partial charge on any atom is -0.410 e. The van der Waals surface area contributed by atoms with Gasteiger partial charge in [0.25, 0.3) is 16.9 Å². The molecule has 0 unspecified atom stereocenters. The summed E-state index contributed by atoms with van der Waals surface area (Å²) in [5.74, 6) is 1.03. The molecule has 0 spiro atoms. The first-order valence-electron chi connectivity index (χ1n) is 7.68. The predicted octanol–water partition coefficient (Wildman–Crippen LogP) is 4.05. The summed E-state index contributed by atoms with van der Waals surface area (Å²) in [6, 6.07) is 15.8. The number of thiophene rings is 1. The lowest BCUT2D eigenvalue weighted by Crippen LogP contribution is -1.97. The molecule has 126 valence electrons. The van der Waals surface area contributed by atoms with Crippen molar-refractivity contribution >= 4 is 28.9 Å². The zero-order valence-corrected chi connectivity index (χ0v) is 14.8. The van der Waals surface area contributed by atoms with Crippen molar-refractivity contribution in [2.45, 2.75) is 10.2 Å². The summed E-state index contributed by atoms with van der Waals surface area (Å²) in [6.45, 7) is 0. The molecule has 9 heteroatoms. The van der Waals surface area contributed by atoms with Crippen LogP contribution in [0.2, 0.25) is 0 Å². The van der Waals surface area contributed by atoms with Crippen molar-refractivity contribution < 1.29 is 4.42 Å². The largest absolute Gasteiger partial charge is 0.410 e. The first-order chi connectivity index (χ1) is 12.9. The normalized spacial score (nSPS) is 11.2. The van der Waals surface area contributed by atoms with Crippen LogP contribution in [0.3, 0.4) is 0 Å². The summed E-state index contributed by atoms with van der Waals surface area (Å²) >= 11 is 2.89. The Morgan fingerprint density at radius 2 is 1.96 bits per heavy atom. The van der Waals surface area contributed by atoms with Gasteiger partial charge in [-0.05, 0) is 29.3 Å². The zero-order chi connectivity index (χ0) is 17.3. The maximum absolute atomic E-state index is 5.77. The fraction of sp³-hybridized carbons (Fsp3) is 0. The van der Waals surface area contributed by atoms with Crippen LogP contribution in [0, 0.1) is 0 Å². The molecule has 0 aliphatic rings. The average molecular weight is 378 g/mol. The molecule has 26 heavy (non-hydrogen) atoms. The fourth-order valence-corrected chi connectivity index (χ4v) is 3.87. The zero-order valence-electron chi connectivity index (χ0n) is 13.2. The number of nitrogens with zero attached hydrogens (tertiary/aromatic N) is 6. The third kappa shape index (κ3) is 2.76. The molecular formula is C17H10N6OS2. The summed E-state index contributed by atoms with van der Waals surface area (Å²) in [7, 11) is 0. The second kappa shape index (κ2) is 6.36. The Labute approximate surface area is 155 Å². The van der Waals surface area contributed by atoms with Crippen LogP contribution in [0.5, 0.6) is 0 Å². The van der Waals surface area contributed by atoms with Crippen molar-refractivity contribution in [1.29, 1.82) is 0 Å². The third-order valence-electron chi connectivity index (χ3n) is 3.62. The van der Waals surface area contributed by atoms with Gasteiger partial charge in [-0.2, -0.15) is 14.6 Å². The summed E-state index contributed by atoms with van der Waals surface area (Å²) in [5.41, 5.74) is 1.82. The highest BCUT2D eigenvalue weighted by Crippen LogP contribution is 2.32. The van der Waals surface area contributed by atoms with Gasteiger partial charge in [-0.15, -0.1) is 21.5 Å². The van der Waals surface area contributed by atoms with Gasteiger partial charge in [-0.1, -0.05) is 36.4 Å². The number of hydrogen-bond acceptors (Lipinski definition) is 8. The van der Waals surface area contributed by atoms with Crippen molar-refractivity contribution in [3.8, 4) is 22.0 Å². The van der Waals surface area contributed by atoms with E-state index in [0.717, 1.165) is 21.2 Å². The summed E-state index contributed by atoms with van der Waals surface area (Å²) < 4.78 is 7.43. The van der Waals surface area contributed by atoms with E-state index in [4.69, 9.17) is 4.42 Å². The molecule has 1 aromatic carbocycles. The molecule has 0 bridgehead atoms. The molecule has 0 atom stereocenters. The van der Waals surface area contributed by atoms with Crippen LogP contribution < -0.4 is 0 Å². The van der Waals surface area contributed by atoms with E-state index < -0.39 is 0 Å². The van der Waals surface area contributed by atoms with Crippen LogP contribution in [-0.2, 0) is 0 Å². The Kier molecular flexibility index (Phi) is 3.72. The van der Waals surface area contributed by atoms with Crippen molar-refractivity contribution in [2.75, 3.05) is 0 Å². The lowest BCUT2D eigenvalue weighted by molar-refractivity contribution is 0.466. The Hall–Kier alpha value is -3.04. The summed E-state index contributed by atoms with van der Waals surface area (Å²) in [4.78, 5) is 9.72. The molecule has 0 fully saturated rings. The molecule has 0 saturated carbocycles. The standard InChI is InChI=1S/C17H10N6OS2/c1-2-5-11(6-3-1)12-9-14(23-16(20-12)18-10-19-23)26-17-22-21-15(24-17)13-7-4-8-25-13/h1-10H. The predicted molar refractivity (Wildman–Crippen MR) is 98.0 cm³/mol. The van der Waals surface area contributed by atoms with Gasteiger partial charge in [0.1, 0.15) is 11.4 Å². The van der Waals surface area contributed by atoms with Gasteiger partial charge in [0.05, 0.1) is 10.6 Å². The lowest BCUT2D eigenvalue weighted by atomic mass is 10.1. The van der Waals surface area contributed by atoms with Gasteiger partial charge < -0.3 is 4.42 Å². The monoisotopic (exact) mass is 378 g/mol. The number of fused-ring (bicyclic) bond motifs is 1. The second-order valence-corrected chi connectivity index (χ2v) is 7.19. The van der Waals surface area contributed by atoms with Crippen molar-refractivity contribution in [3.05, 3.63) is 60.2 Å². The third-order valence-corrected chi connectivity index (χ3v) is 5.32. The molecule has 0 aliphatic heterocycles. The number of hydrogen-bond donors (Lipinski definition) is 0. The van der Waals surface area contributed by atoms with E-state index in [2.05, 4.69) is 25.3 Å². The molecule has 0 radical (unpaired) electrons. The summed E-state index contributed by atoms with van der Waals surface area (Å²) in [5, 5.41) is 15.7. The Morgan fingerprint density at radius 3 is 2.81 bits per heavy atom. The highest BCUT2D eigenvalue weighted by molar-refractivity contribution is 7.99. The van der Waals surface area contributed by atoms with E-state index in [1.807, 2.05) is 53.9 Å². The van der Waals surface area contributed by atoms with Crippen LogP contribution in [0.25, 0.3) is 27.8 Å². The number of benzene rings is 1. The molecule has 5 aromatic rings. The highest BCUT2D eigenvalue weighted by Gasteiger charge is 2.15. The minimum absolute atomic E-state index is 0.440. The molecule has 0 aliphatic carbocycles. The minimum atomic E-state index is 0.440. The smallest absolute Gasteiger partial charge is 0.283 e. The molecule has 0 N–H and O–H groups in total. The van der Waals surface area contributed by atoms with Crippen molar-refractivity contribution in [3.63, 3.8) is 0 Å². The Balaban J connectivity index is 1.55. The van der Waals surface area contributed by atoms with E-state index >= 15 is 0 Å². The molecule has 5 rings (SSSR count). The van der Waals surface area contributed by atoms with E-state index in [1.54, 1.807) is 15.9 Å². The van der Waals surface area contributed by atoms with E-state index in [1.165, 1.54) is 18.1 Å². The highest BCUT2D eigenvalue weighted by atomic mass is 32.2. The van der Waals surface area contributed by atoms with Crippen LogP contribution in [0.4, 0.5) is 0 Å². The number of aromatic nitrogens is 6. The van der Waals surface area contributed by atoms with Gasteiger partial charge in [-0.3, -0.25) is 0 Å². The molecule has 4 heterocycles. The summed E-state index contributed by atoms with van der Waals surface area (Å²) in [6.07, 6.45) is 1.48. The lowest BCUT2D eigenvalue weighted by Gasteiger charge is -2.05. The van der Waals surface area contributed by atoms with Gasteiger partial charge in [0.2, 0.25) is 0 Å². The van der Waals surface area contributed by atoms with Crippen LogP contribution in [0.15, 0.2) is 74.9 Å². The molecule has 0 saturated heterocycles. The van der Waals surface area contributed by atoms with Gasteiger partial charge in [0.15, 0.2) is 0 Å². The van der Waals surface area contributed by atoms with E-state index in [0.29, 0.717) is 16.9 Å². The number of rotatable bonds is 4. The fourth-order valence-electron chi connectivity index (χ4n) is 2.46. The van der Waals surface area contributed by atoms with E-state index in [9.17, 15) is 0 Å². The van der Waals surface area contributed by atoms with Crippen molar-refractivity contribution in [2.24, 2.45) is 0 Å². The SMILES string of the molecule is c1ccc(-c2cc(Sc3nnc(-c4cccs4)o3)n3ncnc3n2)cc1. The maximum Gasteiger partial charge on any atom is 0.283 e. The molecule has 7 nitrogen and oxygen atoms in total. The quantitative estimate of drug-likeness (QED) is 0.436. The molecule has 0 amide bonds. The Morgan fingerprint density at radius 1 is 1.04 bits per heavy atom. The van der Waals surface area contributed by atoms with Crippen molar-refractivity contribution in [1.82, 2.24) is 29.8 Å². The first kappa shape index (κ1) is 15.2. The van der Waals surface area contributed by atoms with Gasteiger partial charge in [-0.25, -0.2) is 4.98 Å². The second-order valence-electron chi connectivity index (χ2n) is 5.27. The molecule has 4 aromatic heterocycles. The van der Waals surface area contributed by atoms with Gasteiger partial charge in [0, 0.05) is 5.56 Å². The van der Waals surface area contributed by atoms with Crippen LogP contribution in [0.1, 0.15) is 0 Å². The first-order valence-corrected chi connectivity index (χ1v) is 9.38. The average Bonchev–Trinajstić information content (AvgIpc) is 3.43. The maximum atomic E-state index is 5.77. The van der Waals surface area contributed by atoms with Crippen LogP contribution >= 0.6 is 23.1 Å². The topological polar surface area (TPSA) is 82.0 Å². The van der Waals surface area contributed by atoms with Gasteiger partial charge >= 0.3 is 0 Å².